The number of hydrogen-bond donors (Lipinski definition) is 1. The van der Waals surface area contributed by atoms with Gasteiger partial charge in [-0.3, -0.25) is 0 Å². The Balaban J connectivity index is 0.00000256. The maximum absolute atomic E-state index is 13.5. The van der Waals surface area contributed by atoms with Crippen molar-refractivity contribution >= 4 is 12.4 Å². The van der Waals surface area contributed by atoms with Crippen LogP contribution in [-0.2, 0) is 0 Å². The molecule has 0 aliphatic carbocycles. The quantitative estimate of drug-likeness (QED) is 0.859. The number of ether oxygens (including phenoxy) is 1. The number of halogens is 5. The highest BCUT2D eigenvalue weighted by molar-refractivity contribution is 5.85. The van der Waals surface area contributed by atoms with E-state index in [9.17, 15) is 17.6 Å². The third kappa shape index (κ3) is 4.40. The zero-order chi connectivity index (χ0) is 12.3. The van der Waals surface area contributed by atoms with E-state index < -0.39 is 24.5 Å². The highest BCUT2D eigenvalue weighted by Crippen LogP contribution is 2.31. The van der Waals surface area contributed by atoms with Crippen molar-refractivity contribution in [3.8, 4) is 5.75 Å². The molecule has 1 rings (SSSR count). The Morgan fingerprint density at radius 1 is 1.35 bits per heavy atom. The first-order chi connectivity index (χ1) is 7.35. The van der Waals surface area contributed by atoms with Gasteiger partial charge < -0.3 is 10.5 Å². The van der Waals surface area contributed by atoms with Crippen LogP contribution >= 0.6 is 12.4 Å². The summed E-state index contributed by atoms with van der Waals surface area (Å²) >= 11 is 0. The van der Waals surface area contributed by atoms with Gasteiger partial charge in [-0.15, -0.1) is 12.4 Å². The van der Waals surface area contributed by atoms with E-state index >= 15 is 0 Å². The molecule has 0 radical (unpaired) electrons. The van der Waals surface area contributed by atoms with Crippen LogP contribution in [0, 0.1) is 5.82 Å². The van der Waals surface area contributed by atoms with E-state index in [0.717, 1.165) is 0 Å². The molecular weight excluding hydrogens is 262 g/mol. The fourth-order valence-electron chi connectivity index (χ4n) is 1.33. The third-order valence-corrected chi connectivity index (χ3v) is 2.06. The molecule has 0 bridgehead atoms. The van der Waals surface area contributed by atoms with Crippen LogP contribution in [0.1, 0.15) is 18.0 Å². The van der Waals surface area contributed by atoms with Crippen molar-refractivity contribution in [2.75, 3.05) is 7.11 Å². The van der Waals surface area contributed by atoms with Gasteiger partial charge >= 0.3 is 6.18 Å². The van der Waals surface area contributed by atoms with E-state index in [1.54, 1.807) is 0 Å². The summed E-state index contributed by atoms with van der Waals surface area (Å²) in [5, 5.41) is 0. The van der Waals surface area contributed by atoms with Crippen LogP contribution in [0.2, 0.25) is 0 Å². The average Bonchev–Trinajstić information content (AvgIpc) is 2.15. The summed E-state index contributed by atoms with van der Waals surface area (Å²) in [5.74, 6) is -0.961. The highest BCUT2D eigenvalue weighted by Gasteiger charge is 2.32. The van der Waals surface area contributed by atoms with E-state index in [0.29, 0.717) is 0 Å². The molecule has 1 atom stereocenters. The lowest BCUT2D eigenvalue weighted by molar-refractivity contribution is -0.138. The molecule has 0 saturated carbocycles. The summed E-state index contributed by atoms with van der Waals surface area (Å²) in [5.41, 5.74) is 5.09. The SMILES string of the molecule is COc1cccc([C@H](N)CC(F)(F)F)c1F.Cl. The van der Waals surface area contributed by atoms with Crippen molar-refractivity contribution in [2.24, 2.45) is 5.73 Å². The summed E-state index contributed by atoms with van der Waals surface area (Å²) in [6, 6.07) is 2.51. The van der Waals surface area contributed by atoms with Gasteiger partial charge in [0, 0.05) is 11.6 Å². The van der Waals surface area contributed by atoms with Gasteiger partial charge in [-0.1, -0.05) is 12.1 Å². The zero-order valence-corrected chi connectivity index (χ0v) is 9.74. The summed E-state index contributed by atoms with van der Waals surface area (Å²) in [7, 11) is 1.23. The minimum atomic E-state index is -4.42. The first-order valence-corrected chi connectivity index (χ1v) is 4.50. The second kappa shape index (κ2) is 6.07. The topological polar surface area (TPSA) is 35.2 Å². The molecule has 0 aliphatic rings. The predicted molar refractivity (Wildman–Crippen MR) is 57.8 cm³/mol. The molecule has 0 unspecified atom stereocenters. The fraction of sp³-hybridized carbons (Fsp3) is 0.400. The fourth-order valence-corrected chi connectivity index (χ4v) is 1.33. The van der Waals surface area contributed by atoms with Crippen molar-refractivity contribution in [3.05, 3.63) is 29.6 Å². The lowest BCUT2D eigenvalue weighted by atomic mass is 10.0. The second-order valence-corrected chi connectivity index (χ2v) is 3.29. The maximum atomic E-state index is 13.5. The average molecular weight is 274 g/mol. The number of alkyl halides is 3. The van der Waals surface area contributed by atoms with Crippen LogP contribution < -0.4 is 10.5 Å². The smallest absolute Gasteiger partial charge is 0.390 e. The number of benzene rings is 1. The minimum Gasteiger partial charge on any atom is -0.494 e. The van der Waals surface area contributed by atoms with E-state index in [1.807, 2.05) is 0 Å². The number of nitrogens with two attached hydrogens (primary N) is 1. The van der Waals surface area contributed by atoms with Gasteiger partial charge in [0.25, 0.3) is 0 Å². The van der Waals surface area contributed by atoms with Crippen LogP contribution in [0.5, 0.6) is 5.75 Å². The summed E-state index contributed by atoms with van der Waals surface area (Å²) < 4.78 is 54.4. The Morgan fingerprint density at radius 2 is 1.94 bits per heavy atom. The van der Waals surface area contributed by atoms with Crippen molar-refractivity contribution in [1.82, 2.24) is 0 Å². The highest BCUT2D eigenvalue weighted by atomic mass is 35.5. The van der Waals surface area contributed by atoms with Crippen molar-refractivity contribution in [3.63, 3.8) is 0 Å². The van der Waals surface area contributed by atoms with Crippen LogP contribution in [0.3, 0.4) is 0 Å². The molecule has 1 aromatic carbocycles. The molecule has 1 aromatic rings. The monoisotopic (exact) mass is 273 g/mol. The lowest BCUT2D eigenvalue weighted by Gasteiger charge is -2.16. The standard InChI is InChI=1S/C10H11F4NO.ClH/c1-16-8-4-2-3-6(9(8)11)7(15)5-10(12,13)14;/h2-4,7H,5,15H2,1H3;1H/t7-;/m1./s1. The van der Waals surface area contributed by atoms with Crippen molar-refractivity contribution in [1.29, 1.82) is 0 Å². The van der Waals surface area contributed by atoms with E-state index in [1.165, 1.54) is 25.3 Å². The van der Waals surface area contributed by atoms with Crippen molar-refractivity contribution in [2.45, 2.75) is 18.6 Å². The van der Waals surface area contributed by atoms with E-state index in [-0.39, 0.29) is 23.7 Å². The second-order valence-electron chi connectivity index (χ2n) is 3.29. The van der Waals surface area contributed by atoms with Gasteiger partial charge in [0.1, 0.15) is 0 Å². The Hall–Kier alpha value is -1.01. The van der Waals surface area contributed by atoms with E-state index in [4.69, 9.17) is 5.73 Å². The van der Waals surface area contributed by atoms with Crippen LogP contribution in [0.4, 0.5) is 17.6 Å². The first kappa shape index (κ1) is 16.0. The Kier molecular flexibility index (Phi) is 5.71. The largest absolute Gasteiger partial charge is 0.494 e. The van der Waals surface area contributed by atoms with Crippen molar-refractivity contribution < 1.29 is 22.3 Å². The number of methoxy groups -OCH3 is 1. The van der Waals surface area contributed by atoms with Gasteiger partial charge in [0.05, 0.1) is 13.5 Å². The zero-order valence-electron chi connectivity index (χ0n) is 8.92. The minimum absolute atomic E-state index is 0. The maximum Gasteiger partial charge on any atom is 0.390 e. The molecule has 2 nitrogen and oxygen atoms in total. The summed E-state index contributed by atoms with van der Waals surface area (Å²) in [6.07, 6.45) is -5.69. The van der Waals surface area contributed by atoms with E-state index in [2.05, 4.69) is 4.74 Å². The number of rotatable bonds is 3. The van der Waals surface area contributed by atoms with Gasteiger partial charge in [0.2, 0.25) is 0 Å². The van der Waals surface area contributed by atoms with Crippen LogP contribution in [0.25, 0.3) is 0 Å². The Bertz CT molecular complexity index is 370. The molecule has 98 valence electrons. The molecule has 0 amide bonds. The number of hydrogen-bond acceptors (Lipinski definition) is 2. The molecule has 7 heteroatoms. The van der Waals surface area contributed by atoms with Crippen LogP contribution in [0.15, 0.2) is 18.2 Å². The molecule has 0 aliphatic heterocycles. The molecule has 0 spiro atoms. The third-order valence-electron chi connectivity index (χ3n) is 2.06. The van der Waals surface area contributed by atoms with Gasteiger partial charge in [-0.05, 0) is 6.07 Å². The molecule has 2 N–H and O–H groups in total. The molecule has 17 heavy (non-hydrogen) atoms. The Labute approximate surface area is 102 Å². The Morgan fingerprint density at radius 3 is 2.41 bits per heavy atom. The molecule has 0 fully saturated rings. The van der Waals surface area contributed by atoms with Crippen LogP contribution in [-0.4, -0.2) is 13.3 Å². The lowest BCUT2D eigenvalue weighted by Crippen LogP contribution is -2.21. The van der Waals surface area contributed by atoms with Gasteiger partial charge in [-0.25, -0.2) is 4.39 Å². The van der Waals surface area contributed by atoms with Gasteiger partial charge in [-0.2, -0.15) is 13.2 Å². The molecular formula is C10H12ClF4NO. The predicted octanol–water partition coefficient (Wildman–Crippen LogP) is 3.21. The normalized spacial score (nSPS) is 12.8. The molecule has 0 saturated heterocycles. The summed E-state index contributed by atoms with van der Waals surface area (Å²) in [4.78, 5) is 0. The van der Waals surface area contributed by atoms with Gasteiger partial charge in [0.15, 0.2) is 11.6 Å². The summed E-state index contributed by atoms with van der Waals surface area (Å²) in [6.45, 7) is 0. The first-order valence-electron chi connectivity index (χ1n) is 4.50. The molecule has 0 aromatic heterocycles. The molecule has 0 heterocycles.